The molecule has 4 nitrogen and oxygen atoms in total. The van der Waals surface area contributed by atoms with Gasteiger partial charge < -0.3 is 14.2 Å². The second-order valence-electron chi connectivity index (χ2n) is 7.94. The van der Waals surface area contributed by atoms with E-state index in [0.717, 1.165) is 32.1 Å². The number of hydrogen-bond acceptors (Lipinski definition) is 4. The molecule has 4 heteroatoms. The highest BCUT2D eigenvalue weighted by atomic mass is 16.8. The lowest BCUT2D eigenvalue weighted by Crippen LogP contribution is -2.38. The van der Waals surface area contributed by atoms with Gasteiger partial charge >= 0.3 is 5.97 Å². The van der Waals surface area contributed by atoms with E-state index < -0.39 is 5.41 Å². The van der Waals surface area contributed by atoms with Crippen molar-refractivity contribution in [2.24, 2.45) is 17.3 Å². The van der Waals surface area contributed by atoms with Gasteiger partial charge in [0, 0.05) is 12.8 Å². The van der Waals surface area contributed by atoms with Crippen molar-refractivity contribution in [1.82, 2.24) is 0 Å². The average Bonchev–Trinajstić information content (AvgIpc) is 3.05. The molecule has 2 fully saturated rings. The minimum absolute atomic E-state index is 0.104. The first-order chi connectivity index (χ1) is 10.3. The molecule has 0 bridgehead atoms. The van der Waals surface area contributed by atoms with Crippen LogP contribution in [0.5, 0.6) is 0 Å². The van der Waals surface area contributed by atoms with E-state index in [1.54, 1.807) is 0 Å². The van der Waals surface area contributed by atoms with E-state index in [-0.39, 0.29) is 23.8 Å². The quantitative estimate of drug-likeness (QED) is 0.697. The summed E-state index contributed by atoms with van der Waals surface area (Å²) in [5.41, 5.74) is -0.432. The first-order valence-corrected chi connectivity index (χ1v) is 8.76. The van der Waals surface area contributed by atoms with Crippen LogP contribution in [0.1, 0.15) is 66.7 Å². The Morgan fingerprint density at radius 3 is 2.45 bits per heavy atom. The van der Waals surface area contributed by atoms with Crippen LogP contribution in [-0.2, 0) is 19.0 Å². The summed E-state index contributed by atoms with van der Waals surface area (Å²) in [5, 5.41) is 0. The Kier molecular flexibility index (Phi) is 5.54. The molecule has 0 N–H and O–H groups in total. The molecule has 1 saturated heterocycles. The van der Waals surface area contributed by atoms with E-state index >= 15 is 0 Å². The first-order valence-electron chi connectivity index (χ1n) is 8.76. The molecular formula is C18H32O4. The lowest BCUT2D eigenvalue weighted by atomic mass is 9.73. The molecule has 0 aromatic heterocycles. The van der Waals surface area contributed by atoms with Gasteiger partial charge in [0.15, 0.2) is 5.79 Å². The number of carbonyl (C=O) groups excluding carboxylic acids is 1. The van der Waals surface area contributed by atoms with Gasteiger partial charge in [0.1, 0.15) is 12.7 Å². The highest BCUT2D eigenvalue weighted by Crippen LogP contribution is 2.40. The smallest absolute Gasteiger partial charge is 0.312 e. The zero-order valence-electron chi connectivity index (χ0n) is 14.8. The van der Waals surface area contributed by atoms with Crippen LogP contribution in [0.15, 0.2) is 0 Å². The summed E-state index contributed by atoms with van der Waals surface area (Å²) in [4.78, 5) is 12.6. The third kappa shape index (κ3) is 3.83. The van der Waals surface area contributed by atoms with Crippen LogP contribution >= 0.6 is 0 Å². The summed E-state index contributed by atoms with van der Waals surface area (Å²) in [7, 11) is 0. The molecule has 22 heavy (non-hydrogen) atoms. The Hall–Kier alpha value is -0.610. The minimum Gasteiger partial charge on any atom is -0.462 e. The third-order valence-corrected chi connectivity index (χ3v) is 5.25. The van der Waals surface area contributed by atoms with Gasteiger partial charge in [0.05, 0.1) is 12.0 Å². The van der Waals surface area contributed by atoms with Gasteiger partial charge in [-0.25, -0.2) is 0 Å². The number of ether oxygens (including phenoxy) is 3. The molecule has 0 aromatic carbocycles. The molecule has 0 amide bonds. The van der Waals surface area contributed by atoms with Crippen molar-refractivity contribution in [1.29, 1.82) is 0 Å². The third-order valence-electron chi connectivity index (χ3n) is 5.25. The molecule has 2 atom stereocenters. The molecule has 1 spiro atoms. The van der Waals surface area contributed by atoms with Crippen LogP contribution in [-0.4, -0.2) is 31.1 Å². The van der Waals surface area contributed by atoms with Gasteiger partial charge in [-0.2, -0.15) is 0 Å². The number of rotatable bonds is 6. The van der Waals surface area contributed by atoms with Gasteiger partial charge in [-0.3, -0.25) is 4.79 Å². The predicted molar refractivity (Wildman–Crippen MR) is 85.4 cm³/mol. The summed E-state index contributed by atoms with van der Waals surface area (Å²) < 4.78 is 17.5. The van der Waals surface area contributed by atoms with Crippen molar-refractivity contribution in [2.75, 3.05) is 13.2 Å². The maximum atomic E-state index is 12.6. The molecule has 2 aliphatic rings. The van der Waals surface area contributed by atoms with E-state index in [1.807, 2.05) is 6.92 Å². The van der Waals surface area contributed by atoms with Crippen molar-refractivity contribution >= 4 is 5.97 Å². The normalized spacial score (nSPS) is 26.8. The number of carbonyl (C=O) groups is 1. The van der Waals surface area contributed by atoms with Crippen molar-refractivity contribution in [3.8, 4) is 0 Å². The van der Waals surface area contributed by atoms with Gasteiger partial charge in [-0.15, -0.1) is 0 Å². The summed E-state index contributed by atoms with van der Waals surface area (Å²) in [6.07, 6.45) is 4.98. The van der Waals surface area contributed by atoms with Crippen LogP contribution < -0.4 is 0 Å². The Morgan fingerprint density at radius 2 is 1.91 bits per heavy atom. The number of esters is 1. The van der Waals surface area contributed by atoms with Gasteiger partial charge in [0.25, 0.3) is 0 Å². The average molecular weight is 312 g/mol. The highest BCUT2D eigenvalue weighted by molar-refractivity contribution is 5.76. The standard InChI is InChI=1S/C18H32O4/c1-13(2)10-17(5,14(3)4)16(19)20-11-15-12-21-18(22-15)8-6-7-9-18/h13-15H,6-12H2,1-5H3. The van der Waals surface area contributed by atoms with E-state index in [9.17, 15) is 4.79 Å². The Bertz CT molecular complexity index is 385. The molecule has 128 valence electrons. The zero-order valence-corrected chi connectivity index (χ0v) is 14.8. The molecule has 1 aliphatic heterocycles. The van der Waals surface area contributed by atoms with Crippen LogP contribution in [0, 0.1) is 17.3 Å². The number of hydrogen-bond donors (Lipinski definition) is 0. The second kappa shape index (κ2) is 6.88. The van der Waals surface area contributed by atoms with Crippen LogP contribution in [0.25, 0.3) is 0 Å². The van der Waals surface area contributed by atoms with Crippen molar-refractivity contribution in [2.45, 2.75) is 78.6 Å². The fourth-order valence-corrected chi connectivity index (χ4v) is 3.61. The molecule has 1 heterocycles. The minimum atomic E-state index is -0.432. The fourth-order valence-electron chi connectivity index (χ4n) is 3.61. The lowest BCUT2D eigenvalue weighted by Gasteiger charge is -2.33. The Balaban J connectivity index is 1.86. The lowest BCUT2D eigenvalue weighted by molar-refractivity contribution is -0.177. The van der Waals surface area contributed by atoms with E-state index in [0.29, 0.717) is 19.1 Å². The molecule has 2 unspecified atom stereocenters. The zero-order chi connectivity index (χ0) is 16.4. The van der Waals surface area contributed by atoms with E-state index in [2.05, 4.69) is 27.7 Å². The largest absolute Gasteiger partial charge is 0.462 e. The van der Waals surface area contributed by atoms with Gasteiger partial charge in [-0.05, 0) is 38.0 Å². The van der Waals surface area contributed by atoms with Gasteiger partial charge in [-0.1, -0.05) is 27.7 Å². The molecule has 1 saturated carbocycles. The Labute approximate surface area is 134 Å². The monoisotopic (exact) mass is 312 g/mol. The van der Waals surface area contributed by atoms with Crippen LogP contribution in [0.3, 0.4) is 0 Å². The van der Waals surface area contributed by atoms with E-state index in [1.165, 1.54) is 0 Å². The maximum absolute atomic E-state index is 12.6. The van der Waals surface area contributed by atoms with Gasteiger partial charge in [0.2, 0.25) is 0 Å². The molecule has 0 aromatic rings. The second-order valence-corrected chi connectivity index (χ2v) is 7.94. The predicted octanol–water partition coefficient (Wildman–Crippen LogP) is 3.92. The van der Waals surface area contributed by atoms with Crippen molar-refractivity contribution in [3.63, 3.8) is 0 Å². The van der Waals surface area contributed by atoms with Crippen molar-refractivity contribution < 1.29 is 19.0 Å². The first kappa shape index (κ1) is 17.7. The summed E-state index contributed by atoms with van der Waals surface area (Å²) in [5.74, 6) is 0.236. The van der Waals surface area contributed by atoms with E-state index in [4.69, 9.17) is 14.2 Å². The Morgan fingerprint density at radius 1 is 1.27 bits per heavy atom. The molecule has 0 radical (unpaired) electrons. The molecular weight excluding hydrogens is 280 g/mol. The molecule has 1 aliphatic carbocycles. The molecule has 2 rings (SSSR count). The SMILES string of the molecule is CC(C)CC(C)(C(=O)OCC1COC2(CCCC2)O1)C(C)C. The van der Waals surface area contributed by atoms with Crippen LogP contribution in [0.2, 0.25) is 0 Å². The fraction of sp³-hybridized carbons (Fsp3) is 0.944. The summed E-state index contributed by atoms with van der Waals surface area (Å²) in [6, 6.07) is 0. The highest BCUT2D eigenvalue weighted by Gasteiger charge is 2.45. The van der Waals surface area contributed by atoms with Crippen molar-refractivity contribution in [3.05, 3.63) is 0 Å². The van der Waals surface area contributed by atoms with Crippen LogP contribution in [0.4, 0.5) is 0 Å². The maximum Gasteiger partial charge on any atom is 0.312 e. The summed E-state index contributed by atoms with van der Waals surface area (Å²) in [6.45, 7) is 11.3. The topological polar surface area (TPSA) is 44.8 Å². The summed E-state index contributed by atoms with van der Waals surface area (Å²) >= 11 is 0.